The van der Waals surface area contributed by atoms with Gasteiger partial charge in [0, 0.05) is 22.2 Å². The van der Waals surface area contributed by atoms with Gasteiger partial charge in [0.15, 0.2) is 0 Å². The molecule has 0 fully saturated rings. The van der Waals surface area contributed by atoms with Crippen molar-refractivity contribution in [2.24, 2.45) is 0 Å². The van der Waals surface area contributed by atoms with Crippen molar-refractivity contribution in [1.29, 1.82) is 0 Å². The first kappa shape index (κ1) is 10.7. The monoisotopic (exact) mass is 214 g/mol. The van der Waals surface area contributed by atoms with Gasteiger partial charge in [0.1, 0.15) is 5.82 Å². The normalized spacial score (nSPS) is 10.8. The van der Waals surface area contributed by atoms with E-state index in [0.717, 1.165) is 6.08 Å². The molecule has 0 amide bonds. The third-order valence-corrected chi connectivity index (χ3v) is 2.17. The summed E-state index contributed by atoms with van der Waals surface area (Å²) < 4.78 is 13.4. The molecule has 74 valence electrons. The third-order valence-electron chi connectivity index (χ3n) is 1.76. The predicted octanol–water partition coefficient (Wildman–Crippen LogP) is 2.89. The number of halogens is 2. The van der Waals surface area contributed by atoms with Gasteiger partial charge in [-0.1, -0.05) is 17.7 Å². The van der Waals surface area contributed by atoms with Crippen LogP contribution in [0.5, 0.6) is 0 Å². The summed E-state index contributed by atoms with van der Waals surface area (Å²) in [6.07, 6.45) is 2.08. The topological polar surface area (TPSA) is 37.3 Å². The summed E-state index contributed by atoms with van der Waals surface area (Å²) in [7, 11) is 0. The van der Waals surface area contributed by atoms with Crippen molar-refractivity contribution in [2.45, 2.75) is 6.92 Å². The minimum atomic E-state index is -1.11. The molecule has 2 nitrogen and oxygen atoms in total. The van der Waals surface area contributed by atoms with E-state index in [-0.39, 0.29) is 5.56 Å². The van der Waals surface area contributed by atoms with E-state index in [4.69, 9.17) is 16.7 Å². The van der Waals surface area contributed by atoms with Gasteiger partial charge in [0.05, 0.1) is 0 Å². The third kappa shape index (κ3) is 2.33. The molecule has 0 radical (unpaired) electrons. The fourth-order valence-corrected chi connectivity index (χ4v) is 1.12. The highest BCUT2D eigenvalue weighted by molar-refractivity contribution is 6.31. The number of aliphatic carboxylic acids is 1. The first-order valence-electron chi connectivity index (χ1n) is 3.88. The maximum atomic E-state index is 13.4. The summed E-state index contributed by atoms with van der Waals surface area (Å²) in [4.78, 5) is 10.2. The molecule has 0 heterocycles. The lowest BCUT2D eigenvalue weighted by molar-refractivity contribution is -0.131. The van der Waals surface area contributed by atoms with Crippen molar-refractivity contribution >= 4 is 23.6 Å². The van der Waals surface area contributed by atoms with Crippen LogP contribution in [-0.2, 0) is 4.79 Å². The van der Waals surface area contributed by atoms with Gasteiger partial charge in [0.25, 0.3) is 0 Å². The SMILES string of the molecule is Cc1c(Cl)ccc(C=CC(=O)O)c1F. The zero-order chi connectivity index (χ0) is 10.7. The van der Waals surface area contributed by atoms with E-state index < -0.39 is 11.8 Å². The zero-order valence-electron chi connectivity index (χ0n) is 7.42. The van der Waals surface area contributed by atoms with Crippen LogP contribution in [0.4, 0.5) is 4.39 Å². The van der Waals surface area contributed by atoms with Crippen molar-refractivity contribution < 1.29 is 14.3 Å². The van der Waals surface area contributed by atoms with Crippen LogP contribution in [-0.4, -0.2) is 11.1 Å². The largest absolute Gasteiger partial charge is 0.478 e. The Morgan fingerprint density at radius 3 is 2.79 bits per heavy atom. The van der Waals surface area contributed by atoms with Crippen LogP contribution >= 0.6 is 11.6 Å². The molecule has 1 aromatic rings. The number of hydrogen-bond acceptors (Lipinski definition) is 1. The second-order valence-electron chi connectivity index (χ2n) is 2.75. The van der Waals surface area contributed by atoms with Crippen molar-refractivity contribution in [3.8, 4) is 0 Å². The number of carbonyl (C=O) groups is 1. The van der Waals surface area contributed by atoms with Crippen LogP contribution in [0.25, 0.3) is 6.08 Å². The number of carboxylic acid groups (broad SMARTS) is 1. The second-order valence-corrected chi connectivity index (χ2v) is 3.15. The van der Waals surface area contributed by atoms with Gasteiger partial charge < -0.3 is 5.11 Å². The summed E-state index contributed by atoms with van der Waals surface area (Å²) >= 11 is 5.67. The molecular formula is C10H8ClFO2. The first-order valence-corrected chi connectivity index (χ1v) is 4.26. The first-order chi connectivity index (χ1) is 6.52. The van der Waals surface area contributed by atoms with Gasteiger partial charge in [-0.15, -0.1) is 0 Å². The van der Waals surface area contributed by atoms with Crippen LogP contribution in [0.3, 0.4) is 0 Å². The quantitative estimate of drug-likeness (QED) is 0.769. The van der Waals surface area contributed by atoms with Crippen molar-refractivity contribution in [1.82, 2.24) is 0 Å². The molecule has 0 saturated carbocycles. The highest BCUT2D eigenvalue weighted by atomic mass is 35.5. The van der Waals surface area contributed by atoms with Crippen molar-refractivity contribution in [3.05, 3.63) is 40.2 Å². The van der Waals surface area contributed by atoms with Crippen LogP contribution < -0.4 is 0 Å². The Morgan fingerprint density at radius 1 is 1.57 bits per heavy atom. The Morgan fingerprint density at radius 2 is 2.21 bits per heavy atom. The number of hydrogen-bond donors (Lipinski definition) is 1. The summed E-state index contributed by atoms with van der Waals surface area (Å²) in [6, 6.07) is 2.96. The highest BCUT2D eigenvalue weighted by Gasteiger charge is 2.06. The molecule has 1 aromatic carbocycles. The highest BCUT2D eigenvalue weighted by Crippen LogP contribution is 2.21. The molecule has 0 atom stereocenters. The van der Waals surface area contributed by atoms with Gasteiger partial charge in [-0.2, -0.15) is 0 Å². The molecule has 0 unspecified atom stereocenters. The fourth-order valence-electron chi connectivity index (χ4n) is 0.972. The molecule has 0 bridgehead atoms. The van der Waals surface area contributed by atoms with Crippen LogP contribution in [0.2, 0.25) is 5.02 Å². The Balaban J connectivity index is 3.12. The number of carboxylic acids is 1. The van der Waals surface area contributed by atoms with E-state index in [1.165, 1.54) is 25.1 Å². The van der Waals surface area contributed by atoms with E-state index in [1.807, 2.05) is 0 Å². The molecule has 4 heteroatoms. The van der Waals surface area contributed by atoms with Crippen LogP contribution in [0, 0.1) is 12.7 Å². The average Bonchev–Trinajstić information content (AvgIpc) is 2.13. The number of benzene rings is 1. The molecule has 0 aliphatic rings. The lowest BCUT2D eigenvalue weighted by atomic mass is 10.1. The molecule has 14 heavy (non-hydrogen) atoms. The Bertz CT molecular complexity index is 399. The van der Waals surface area contributed by atoms with E-state index in [2.05, 4.69) is 0 Å². The Kier molecular flexibility index (Phi) is 3.25. The molecule has 1 N–H and O–H groups in total. The van der Waals surface area contributed by atoms with E-state index >= 15 is 0 Å². The lowest BCUT2D eigenvalue weighted by Crippen LogP contribution is -1.90. The molecular weight excluding hydrogens is 207 g/mol. The van der Waals surface area contributed by atoms with Crippen LogP contribution in [0.15, 0.2) is 18.2 Å². The Hall–Kier alpha value is -1.35. The maximum absolute atomic E-state index is 13.4. The summed E-state index contributed by atoms with van der Waals surface area (Å²) in [5.74, 6) is -1.60. The van der Waals surface area contributed by atoms with E-state index in [0.29, 0.717) is 10.6 Å². The summed E-state index contributed by atoms with van der Waals surface area (Å²) in [5, 5.41) is 8.68. The fraction of sp³-hybridized carbons (Fsp3) is 0.100. The van der Waals surface area contributed by atoms with Gasteiger partial charge in [0.2, 0.25) is 0 Å². The molecule has 0 aliphatic heterocycles. The molecule has 0 spiro atoms. The van der Waals surface area contributed by atoms with Gasteiger partial charge in [-0.25, -0.2) is 9.18 Å². The molecule has 0 aromatic heterocycles. The second kappa shape index (κ2) is 4.24. The minimum Gasteiger partial charge on any atom is -0.478 e. The lowest BCUT2D eigenvalue weighted by Gasteiger charge is -2.02. The molecule has 0 aliphatic carbocycles. The molecule has 1 rings (SSSR count). The standard InChI is InChI=1S/C10H8ClFO2/c1-6-8(11)4-2-7(10(6)12)3-5-9(13)14/h2-5H,1H3,(H,13,14). The van der Waals surface area contributed by atoms with Gasteiger partial charge in [-0.3, -0.25) is 0 Å². The van der Waals surface area contributed by atoms with E-state index in [9.17, 15) is 9.18 Å². The Labute approximate surface area is 85.6 Å². The van der Waals surface area contributed by atoms with Gasteiger partial charge in [-0.05, 0) is 19.1 Å². The zero-order valence-corrected chi connectivity index (χ0v) is 8.18. The predicted molar refractivity (Wildman–Crippen MR) is 52.8 cm³/mol. The van der Waals surface area contributed by atoms with Crippen molar-refractivity contribution in [3.63, 3.8) is 0 Å². The molecule has 0 saturated heterocycles. The van der Waals surface area contributed by atoms with Gasteiger partial charge >= 0.3 is 5.97 Å². The van der Waals surface area contributed by atoms with Crippen LogP contribution in [0.1, 0.15) is 11.1 Å². The minimum absolute atomic E-state index is 0.217. The average molecular weight is 215 g/mol. The number of rotatable bonds is 2. The van der Waals surface area contributed by atoms with E-state index in [1.54, 1.807) is 0 Å². The summed E-state index contributed by atoms with van der Waals surface area (Å²) in [5.41, 5.74) is 0.536. The summed E-state index contributed by atoms with van der Waals surface area (Å²) in [6.45, 7) is 1.54. The van der Waals surface area contributed by atoms with Crippen molar-refractivity contribution in [2.75, 3.05) is 0 Å². The smallest absolute Gasteiger partial charge is 0.328 e. The maximum Gasteiger partial charge on any atom is 0.328 e.